The van der Waals surface area contributed by atoms with Crippen LogP contribution in [0.3, 0.4) is 0 Å². The van der Waals surface area contributed by atoms with Crippen molar-refractivity contribution in [2.75, 3.05) is 7.11 Å². The van der Waals surface area contributed by atoms with Crippen molar-refractivity contribution < 1.29 is 9.84 Å². The molecule has 1 N–H and O–H groups in total. The van der Waals surface area contributed by atoms with Gasteiger partial charge in [-0.25, -0.2) is 0 Å². The molecular weight excluding hydrogens is 274 g/mol. The third-order valence-corrected chi connectivity index (χ3v) is 4.60. The van der Waals surface area contributed by atoms with E-state index in [1.807, 2.05) is 6.07 Å². The molecule has 4 heteroatoms. The van der Waals surface area contributed by atoms with Gasteiger partial charge in [-0.2, -0.15) is 0 Å². The molecule has 108 valence electrons. The third-order valence-electron chi connectivity index (χ3n) is 4.31. The molecule has 0 spiro atoms. The monoisotopic (exact) mass is 293 g/mol. The topological polar surface area (TPSA) is 34.4 Å². The first kappa shape index (κ1) is 13.8. The van der Waals surface area contributed by atoms with Gasteiger partial charge in [-0.3, -0.25) is 0 Å². The number of hydrogen-bond acceptors (Lipinski definition) is 2. The van der Waals surface area contributed by atoms with Crippen LogP contribution in [0.25, 0.3) is 10.9 Å². The Bertz CT molecular complexity index is 661. The predicted octanol–water partition coefficient (Wildman–Crippen LogP) is 3.69. The SMILES string of the molecule is CCn1c2c(c3c(OC)c(CO)cc(Cl)c31)CCCC2. The first-order chi connectivity index (χ1) is 9.72. The number of fused-ring (bicyclic) bond motifs is 3. The van der Waals surface area contributed by atoms with Crippen molar-refractivity contribution in [3.63, 3.8) is 0 Å². The summed E-state index contributed by atoms with van der Waals surface area (Å²) in [5, 5.41) is 11.4. The lowest BCUT2D eigenvalue weighted by atomic mass is 9.94. The highest BCUT2D eigenvalue weighted by Gasteiger charge is 2.25. The number of ether oxygens (including phenoxy) is 1. The number of benzene rings is 1. The summed E-state index contributed by atoms with van der Waals surface area (Å²) >= 11 is 6.49. The zero-order valence-electron chi connectivity index (χ0n) is 12.0. The molecule has 1 aromatic heterocycles. The second kappa shape index (κ2) is 5.30. The van der Waals surface area contributed by atoms with Gasteiger partial charge in [0.15, 0.2) is 0 Å². The van der Waals surface area contributed by atoms with Gasteiger partial charge < -0.3 is 14.4 Å². The average Bonchev–Trinajstić information content (AvgIpc) is 2.82. The summed E-state index contributed by atoms with van der Waals surface area (Å²) in [6.07, 6.45) is 4.61. The Kier molecular flexibility index (Phi) is 3.65. The van der Waals surface area contributed by atoms with Gasteiger partial charge in [-0.05, 0) is 44.2 Å². The summed E-state index contributed by atoms with van der Waals surface area (Å²) in [5.41, 5.74) is 4.59. The number of hydrogen-bond donors (Lipinski definition) is 1. The fourth-order valence-corrected chi connectivity index (χ4v) is 3.84. The fourth-order valence-electron chi connectivity index (χ4n) is 3.51. The van der Waals surface area contributed by atoms with E-state index in [9.17, 15) is 5.11 Å². The van der Waals surface area contributed by atoms with Crippen molar-refractivity contribution in [2.45, 2.75) is 45.8 Å². The standard InChI is InChI=1S/C16H20ClNO2/c1-3-18-13-7-5-4-6-11(13)14-15(18)12(17)8-10(9-19)16(14)20-2/h8,19H,3-7,9H2,1-2H3. The molecular formula is C16H20ClNO2. The van der Waals surface area contributed by atoms with Crippen molar-refractivity contribution in [3.05, 3.63) is 27.9 Å². The number of aryl methyl sites for hydroxylation is 2. The average molecular weight is 294 g/mol. The highest BCUT2D eigenvalue weighted by molar-refractivity contribution is 6.35. The molecule has 3 rings (SSSR count). The van der Waals surface area contributed by atoms with Crippen LogP contribution in [0.5, 0.6) is 5.75 Å². The number of aliphatic hydroxyl groups is 1. The van der Waals surface area contributed by atoms with Crippen molar-refractivity contribution in [2.24, 2.45) is 0 Å². The van der Waals surface area contributed by atoms with Crippen LogP contribution in [-0.2, 0) is 26.0 Å². The molecule has 1 aliphatic rings. The van der Waals surface area contributed by atoms with Crippen LogP contribution in [0.2, 0.25) is 5.02 Å². The Morgan fingerprint density at radius 3 is 2.75 bits per heavy atom. The summed E-state index contributed by atoms with van der Waals surface area (Å²) in [5.74, 6) is 0.789. The maximum Gasteiger partial charge on any atom is 0.134 e. The van der Waals surface area contributed by atoms with Crippen molar-refractivity contribution in [3.8, 4) is 5.75 Å². The molecule has 0 fully saturated rings. The maximum absolute atomic E-state index is 9.56. The van der Waals surface area contributed by atoms with Gasteiger partial charge >= 0.3 is 0 Å². The van der Waals surface area contributed by atoms with Gasteiger partial charge in [0.25, 0.3) is 0 Å². The van der Waals surface area contributed by atoms with Crippen molar-refractivity contribution >= 4 is 22.5 Å². The van der Waals surface area contributed by atoms with E-state index in [-0.39, 0.29) is 6.61 Å². The Labute approximate surface area is 124 Å². The van der Waals surface area contributed by atoms with Crippen LogP contribution in [0, 0.1) is 0 Å². The highest BCUT2D eigenvalue weighted by atomic mass is 35.5. The molecule has 3 nitrogen and oxygen atoms in total. The van der Waals surface area contributed by atoms with Gasteiger partial charge in [-0.1, -0.05) is 11.6 Å². The lowest BCUT2D eigenvalue weighted by Gasteiger charge is -2.14. The van der Waals surface area contributed by atoms with Gasteiger partial charge in [-0.15, -0.1) is 0 Å². The second-order valence-corrected chi connectivity index (χ2v) is 5.72. The summed E-state index contributed by atoms with van der Waals surface area (Å²) < 4.78 is 7.91. The molecule has 0 atom stereocenters. The van der Waals surface area contributed by atoms with Gasteiger partial charge in [0.05, 0.1) is 24.3 Å². The Morgan fingerprint density at radius 2 is 2.10 bits per heavy atom. The van der Waals surface area contributed by atoms with Crippen LogP contribution in [0.1, 0.15) is 36.6 Å². The van der Waals surface area contributed by atoms with Crippen LogP contribution >= 0.6 is 11.6 Å². The number of methoxy groups -OCH3 is 1. The summed E-state index contributed by atoms with van der Waals surface area (Å²) in [6, 6.07) is 1.83. The first-order valence-corrected chi connectivity index (χ1v) is 7.60. The second-order valence-electron chi connectivity index (χ2n) is 5.31. The number of halogens is 1. The smallest absolute Gasteiger partial charge is 0.134 e. The largest absolute Gasteiger partial charge is 0.496 e. The maximum atomic E-state index is 9.56. The molecule has 0 radical (unpaired) electrons. The molecule has 0 aliphatic heterocycles. The molecule has 0 bridgehead atoms. The van der Waals surface area contributed by atoms with E-state index >= 15 is 0 Å². The van der Waals surface area contributed by atoms with Crippen LogP contribution < -0.4 is 4.74 Å². The van der Waals surface area contributed by atoms with Crippen LogP contribution in [-0.4, -0.2) is 16.8 Å². The van der Waals surface area contributed by atoms with Gasteiger partial charge in [0.2, 0.25) is 0 Å². The van der Waals surface area contributed by atoms with Gasteiger partial charge in [0.1, 0.15) is 5.75 Å². The van der Waals surface area contributed by atoms with Crippen LogP contribution in [0.4, 0.5) is 0 Å². The van der Waals surface area contributed by atoms with E-state index in [1.54, 1.807) is 7.11 Å². The lowest BCUT2D eigenvalue weighted by molar-refractivity contribution is 0.274. The summed E-state index contributed by atoms with van der Waals surface area (Å²) in [4.78, 5) is 0. The molecule has 0 unspecified atom stereocenters. The summed E-state index contributed by atoms with van der Waals surface area (Å²) in [6.45, 7) is 3.01. The van der Waals surface area contributed by atoms with E-state index in [0.29, 0.717) is 5.02 Å². The molecule has 20 heavy (non-hydrogen) atoms. The predicted molar refractivity (Wildman–Crippen MR) is 81.7 cm³/mol. The third kappa shape index (κ3) is 1.84. The zero-order chi connectivity index (χ0) is 14.3. The normalized spacial score (nSPS) is 14.6. The molecule has 2 aromatic rings. The van der Waals surface area contributed by atoms with E-state index < -0.39 is 0 Å². The molecule has 1 aliphatic carbocycles. The van der Waals surface area contributed by atoms with Gasteiger partial charge in [0, 0.05) is 23.2 Å². The van der Waals surface area contributed by atoms with E-state index in [2.05, 4.69) is 11.5 Å². The molecule has 1 aromatic carbocycles. The minimum absolute atomic E-state index is 0.0507. The number of rotatable bonds is 3. The molecule has 0 saturated carbocycles. The molecule has 0 saturated heterocycles. The molecule has 0 amide bonds. The van der Waals surface area contributed by atoms with Crippen molar-refractivity contribution in [1.29, 1.82) is 0 Å². The van der Waals surface area contributed by atoms with E-state index in [0.717, 1.165) is 41.6 Å². The van der Waals surface area contributed by atoms with E-state index in [1.165, 1.54) is 24.1 Å². The lowest BCUT2D eigenvalue weighted by Crippen LogP contribution is -2.07. The zero-order valence-corrected chi connectivity index (χ0v) is 12.8. The number of aliphatic hydroxyl groups excluding tert-OH is 1. The van der Waals surface area contributed by atoms with E-state index in [4.69, 9.17) is 16.3 Å². The Balaban J connectivity index is 2.46. The molecule has 1 heterocycles. The minimum atomic E-state index is -0.0507. The Morgan fingerprint density at radius 1 is 1.35 bits per heavy atom. The quantitative estimate of drug-likeness (QED) is 0.936. The summed E-state index contributed by atoms with van der Waals surface area (Å²) in [7, 11) is 1.67. The number of aromatic nitrogens is 1. The van der Waals surface area contributed by atoms with Crippen molar-refractivity contribution in [1.82, 2.24) is 4.57 Å². The first-order valence-electron chi connectivity index (χ1n) is 7.23. The fraction of sp³-hybridized carbons (Fsp3) is 0.500. The van der Waals surface area contributed by atoms with Crippen LogP contribution in [0.15, 0.2) is 6.07 Å². The highest BCUT2D eigenvalue weighted by Crippen LogP contribution is 2.42. The minimum Gasteiger partial charge on any atom is -0.496 e. The Hall–Kier alpha value is -1.19. The number of nitrogens with zero attached hydrogens (tertiary/aromatic N) is 1.